The van der Waals surface area contributed by atoms with Crippen molar-refractivity contribution < 1.29 is 9.21 Å². The van der Waals surface area contributed by atoms with E-state index in [1.54, 1.807) is 0 Å². The summed E-state index contributed by atoms with van der Waals surface area (Å²) in [6.07, 6.45) is 1.90. The predicted octanol–water partition coefficient (Wildman–Crippen LogP) is 2.91. The van der Waals surface area contributed by atoms with Gasteiger partial charge in [-0.2, -0.15) is 0 Å². The first-order chi connectivity index (χ1) is 8.22. The van der Waals surface area contributed by atoms with Crippen molar-refractivity contribution in [2.24, 2.45) is 5.92 Å². The summed E-state index contributed by atoms with van der Waals surface area (Å²) in [7, 11) is 0. The van der Waals surface area contributed by atoms with Gasteiger partial charge in [0, 0.05) is 5.92 Å². The van der Waals surface area contributed by atoms with E-state index in [0.717, 1.165) is 21.5 Å². The van der Waals surface area contributed by atoms with Gasteiger partial charge in [0.1, 0.15) is 0 Å². The Morgan fingerprint density at radius 1 is 1.47 bits per heavy atom. The molecule has 1 aliphatic rings. The van der Waals surface area contributed by atoms with Crippen molar-refractivity contribution >= 4 is 39.2 Å². The summed E-state index contributed by atoms with van der Waals surface area (Å²) in [5.74, 6) is 0.514. The van der Waals surface area contributed by atoms with Crippen molar-refractivity contribution in [3.8, 4) is 10.8 Å². The lowest BCUT2D eigenvalue weighted by Crippen LogP contribution is -2.13. The number of rotatable bonds is 3. The van der Waals surface area contributed by atoms with Crippen LogP contribution < -0.4 is 5.32 Å². The van der Waals surface area contributed by atoms with Crippen molar-refractivity contribution in [2.75, 3.05) is 5.32 Å². The molecule has 5 nitrogen and oxygen atoms in total. The monoisotopic (exact) mass is 313 g/mol. The van der Waals surface area contributed by atoms with Crippen LogP contribution in [0.15, 0.2) is 20.3 Å². The second-order valence-corrected chi connectivity index (χ2v) is 6.24. The van der Waals surface area contributed by atoms with E-state index < -0.39 is 0 Å². The highest BCUT2D eigenvalue weighted by Crippen LogP contribution is 2.32. The molecule has 0 radical (unpaired) electrons. The Hall–Kier alpha value is -1.21. The predicted molar refractivity (Wildman–Crippen MR) is 66.7 cm³/mol. The topological polar surface area (TPSA) is 68.0 Å². The van der Waals surface area contributed by atoms with Gasteiger partial charge in [-0.15, -0.1) is 16.4 Å². The van der Waals surface area contributed by atoms with E-state index in [9.17, 15) is 4.79 Å². The van der Waals surface area contributed by atoms with E-state index in [0.29, 0.717) is 5.89 Å². The maximum Gasteiger partial charge on any atom is 0.322 e. The number of aromatic nitrogens is 2. The molecule has 0 bridgehead atoms. The van der Waals surface area contributed by atoms with Crippen LogP contribution in [0.25, 0.3) is 10.8 Å². The highest BCUT2D eigenvalue weighted by atomic mass is 79.9. The number of nitrogens with one attached hydrogen (secondary N) is 1. The van der Waals surface area contributed by atoms with E-state index in [-0.39, 0.29) is 17.8 Å². The summed E-state index contributed by atoms with van der Waals surface area (Å²) in [6.45, 7) is 0. The first-order valence-corrected chi connectivity index (χ1v) is 6.73. The Balaban J connectivity index is 1.75. The van der Waals surface area contributed by atoms with Crippen LogP contribution >= 0.6 is 27.3 Å². The first-order valence-electron chi connectivity index (χ1n) is 5.12. The Morgan fingerprint density at radius 2 is 2.29 bits per heavy atom. The molecule has 0 unspecified atom stereocenters. The Bertz CT molecular complexity index is 561. The van der Waals surface area contributed by atoms with E-state index in [1.807, 2.05) is 12.1 Å². The molecule has 7 heteroatoms. The molecule has 88 valence electrons. The number of hydrogen-bond donors (Lipinski definition) is 1. The summed E-state index contributed by atoms with van der Waals surface area (Å²) < 4.78 is 6.36. The van der Waals surface area contributed by atoms with Gasteiger partial charge in [0.15, 0.2) is 0 Å². The minimum Gasteiger partial charge on any atom is -0.402 e. The number of anilines is 1. The van der Waals surface area contributed by atoms with Gasteiger partial charge in [0.2, 0.25) is 5.91 Å². The van der Waals surface area contributed by atoms with Crippen molar-refractivity contribution in [2.45, 2.75) is 12.8 Å². The molecule has 2 aromatic rings. The molecular weight excluding hydrogens is 306 g/mol. The molecule has 1 aliphatic carbocycles. The van der Waals surface area contributed by atoms with Gasteiger partial charge in [-0.3, -0.25) is 10.1 Å². The van der Waals surface area contributed by atoms with Gasteiger partial charge in [-0.05, 0) is 40.9 Å². The minimum atomic E-state index is -0.0347. The average molecular weight is 314 g/mol. The highest BCUT2D eigenvalue weighted by Gasteiger charge is 2.30. The van der Waals surface area contributed by atoms with Gasteiger partial charge in [0.25, 0.3) is 5.89 Å². The van der Waals surface area contributed by atoms with Crippen LogP contribution in [0.3, 0.4) is 0 Å². The minimum absolute atomic E-state index is 0.0347. The fourth-order valence-electron chi connectivity index (χ4n) is 1.36. The lowest BCUT2D eigenvalue weighted by Gasteiger charge is -1.95. The molecule has 1 fully saturated rings. The zero-order chi connectivity index (χ0) is 11.8. The van der Waals surface area contributed by atoms with Crippen LogP contribution in [0.5, 0.6) is 0 Å². The number of hydrogen-bond acceptors (Lipinski definition) is 5. The van der Waals surface area contributed by atoms with E-state index >= 15 is 0 Å². The third-order valence-corrected chi connectivity index (χ3v) is 4.00. The summed E-state index contributed by atoms with van der Waals surface area (Å²) in [5, 5.41) is 10.3. The molecule has 2 heterocycles. The fourth-order valence-corrected chi connectivity index (χ4v) is 2.66. The molecular formula is C10H8BrN3O2S. The summed E-state index contributed by atoms with van der Waals surface area (Å²) in [4.78, 5) is 12.4. The number of amides is 1. The molecule has 17 heavy (non-hydrogen) atoms. The normalized spacial score (nSPS) is 14.9. The van der Waals surface area contributed by atoms with Crippen LogP contribution in [0.2, 0.25) is 0 Å². The van der Waals surface area contributed by atoms with Gasteiger partial charge in [0.05, 0.1) is 8.66 Å². The maximum absolute atomic E-state index is 11.5. The molecule has 0 spiro atoms. The lowest BCUT2D eigenvalue weighted by atomic mass is 10.4. The Kier molecular flexibility index (Phi) is 2.71. The van der Waals surface area contributed by atoms with Crippen LogP contribution in [0.4, 0.5) is 6.01 Å². The highest BCUT2D eigenvalue weighted by molar-refractivity contribution is 9.11. The Labute approximate surface area is 109 Å². The van der Waals surface area contributed by atoms with E-state index in [1.165, 1.54) is 11.3 Å². The zero-order valence-corrected chi connectivity index (χ0v) is 11.0. The van der Waals surface area contributed by atoms with Crippen LogP contribution in [-0.2, 0) is 4.79 Å². The SMILES string of the molecule is O=C(Nc1nnc(-c2ccc(Br)s2)o1)C1CC1. The molecule has 1 amide bonds. The quantitative estimate of drug-likeness (QED) is 0.946. The Morgan fingerprint density at radius 3 is 2.94 bits per heavy atom. The molecule has 0 aliphatic heterocycles. The van der Waals surface area contributed by atoms with Gasteiger partial charge in [-0.1, -0.05) is 5.10 Å². The van der Waals surface area contributed by atoms with Gasteiger partial charge >= 0.3 is 6.01 Å². The van der Waals surface area contributed by atoms with Crippen LogP contribution in [0.1, 0.15) is 12.8 Å². The molecule has 1 N–H and O–H groups in total. The smallest absolute Gasteiger partial charge is 0.322 e. The number of carbonyl (C=O) groups excluding carboxylic acids is 1. The second-order valence-electron chi connectivity index (χ2n) is 3.78. The maximum atomic E-state index is 11.5. The van der Waals surface area contributed by atoms with Gasteiger partial charge < -0.3 is 4.42 Å². The molecule has 3 rings (SSSR count). The van der Waals surface area contributed by atoms with Crippen molar-refractivity contribution in [1.29, 1.82) is 0 Å². The third kappa shape index (κ3) is 2.39. The molecule has 0 saturated heterocycles. The second kappa shape index (κ2) is 4.23. The number of carbonyl (C=O) groups is 1. The molecule has 1 saturated carbocycles. The van der Waals surface area contributed by atoms with Crippen molar-refractivity contribution in [3.63, 3.8) is 0 Å². The fraction of sp³-hybridized carbons (Fsp3) is 0.300. The third-order valence-electron chi connectivity index (χ3n) is 2.39. The van der Waals surface area contributed by atoms with E-state index in [4.69, 9.17) is 4.42 Å². The standard InChI is InChI=1S/C10H8BrN3O2S/c11-7-4-3-6(17-7)9-13-14-10(16-9)12-8(15)5-1-2-5/h3-5H,1-2H2,(H,12,14,15). The molecule has 0 atom stereocenters. The summed E-state index contributed by atoms with van der Waals surface area (Å²) in [6, 6.07) is 3.96. The van der Waals surface area contributed by atoms with Gasteiger partial charge in [-0.25, -0.2) is 0 Å². The van der Waals surface area contributed by atoms with Crippen molar-refractivity contribution in [3.05, 3.63) is 15.9 Å². The first kappa shape index (κ1) is 10.9. The molecule has 2 aromatic heterocycles. The average Bonchev–Trinajstić information content (AvgIpc) is 2.92. The number of nitrogens with zero attached hydrogens (tertiary/aromatic N) is 2. The van der Waals surface area contributed by atoms with Crippen LogP contribution in [-0.4, -0.2) is 16.1 Å². The van der Waals surface area contributed by atoms with Crippen molar-refractivity contribution in [1.82, 2.24) is 10.2 Å². The number of thiophene rings is 1. The number of halogens is 1. The summed E-state index contributed by atoms with van der Waals surface area (Å²) >= 11 is 4.86. The largest absolute Gasteiger partial charge is 0.402 e. The van der Waals surface area contributed by atoms with Crippen LogP contribution in [0, 0.1) is 5.92 Å². The van der Waals surface area contributed by atoms with E-state index in [2.05, 4.69) is 31.4 Å². The molecule has 0 aromatic carbocycles. The summed E-state index contributed by atoms with van der Waals surface area (Å²) in [5.41, 5.74) is 0. The lowest BCUT2D eigenvalue weighted by molar-refractivity contribution is -0.117. The zero-order valence-electron chi connectivity index (χ0n) is 8.64.